The van der Waals surface area contributed by atoms with Crippen LogP contribution in [0.25, 0.3) is 0 Å². The Balaban J connectivity index is 1.82. The van der Waals surface area contributed by atoms with Crippen LogP contribution in [0, 0.1) is 11.8 Å². The van der Waals surface area contributed by atoms with E-state index in [1.165, 1.54) is 19.3 Å². The molecule has 2 N–H and O–H groups in total. The average Bonchev–Trinajstić information content (AvgIpc) is 2.77. The largest absolute Gasteiger partial charge is 0.387 e. The SMILES string of the molecule is CCC1CCC(NCC(O)c2ccccc2)C1C. The first-order valence-electron chi connectivity index (χ1n) is 7.18. The number of hydrogen-bond donors (Lipinski definition) is 2. The fourth-order valence-corrected chi connectivity index (χ4v) is 3.17. The Morgan fingerprint density at radius 1 is 1.28 bits per heavy atom. The summed E-state index contributed by atoms with van der Waals surface area (Å²) in [6.07, 6.45) is 3.47. The Bertz CT molecular complexity index is 351. The number of nitrogens with one attached hydrogen (secondary N) is 1. The monoisotopic (exact) mass is 247 g/mol. The van der Waals surface area contributed by atoms with Gasteiger partial charge in [0.15, 0.2) is 0 Å². The Morgan fingerprint density at radius 3 is 2.61 bits per heavy atom. The maximum Gasteiger partial charge on any atom is 0.0914 e. The van der Waals surface area contributed by atoms with Crippen LogP contribution in [0.1, 0.15) is 44.8 Å². The summed E-state index contributed by atoms with van der Waals surface area (Å²) in [5.74, 6) is 1.59. The van der Waals surface area contributed by atoms with Gasteiger partial charge in [-0.3, -0.25) is 0 Å². The Hall–Kier alpha value is -0.860. The highest BCUT2D eigenvalue weighted by Gasteiger charge is 2.31. The topological polar surface area (TPSA) is 32.3 Å². The van der Waals surface area contributed by atoms with E-state index in [0.29, 0.717) is 12.6 Å². The number of hydrogen-bond acceptors (Lipinski definition) is 2. The third-order valence-electron chi connectivity index (χ3n) is 4.51. The quantitative estimate of drug-likeness (QED) is 0.838. The lowest BCUT2D eigenvalue weighted by Crippen LogP contribution is -2.35. The maximum absolute atomic E-state index is 10.1. The van der Waals surface area contributed by atoms with Crippen molar-refractivity contribution < 1.29 is 5.11 Å². The lowest BCUT2D eigenvalue weighted by Gasteiger charge is -2.22. The fraction of sp³-hybridized carbons (Fsp3) is 0.625. The second-order valence-electron chi connectivity index (χ2n) is 5.55. The zero-order valence-corrected chi connectivity index (χ0v) is 11.5. The van der Waals surface area contributed by atoms with Gasteiger partial charge in [0.1, 0.15) is 0 Å². The van der Waals surface area contributed by atoms with Gasteiger partial charge in [-0.2, -0.15) is 0 Å². The van der Waals surface area contributed by atoms with Crippen molar-refractivity contribution >= 4 is 0 Å². The summed E-state index contributed by atoms with van der Waals surface area (Å²) in [7, 11) is 0. The van der Waals surface area contributed by atoms with Gasteiger partial charge in [0.2, 0.25) is 0 Å². The van der Waals surface area contributed by atoms with Crippen LogP contribution < -0.4 is 5.32 Å². The van der Waals surface area contributed by atoms with Crippen LogP contribution in [-0.4, -0.2) is 17.7 Å². The number of rotatable bonds is 5. The average molecular weight is 247 g/mol. The van der Waals surface area contributed by atoms with Crippen LogP contribution in [0.15, 0.2) is 30.3 Å². The van der Waals surface area contributed by atoms with Crippen molar-refractivity contribution in [2.75, 3.05) is 6.54 Å². The van der Waals surface area contributed by atoms with Gasteiger partial charge in [-0.05, 0) is 30.2 Å². The molecule has 0 bridgehead atoms. The molecule has 0 aromatic heterocycles. The van der Waals surface area contributed by atoms with Gasteiger partial charge < -0.3 is 10.4 Å². The third-order valence-corrected chi connectivity index (χ3v) is 4.51. The van der Waals surface area contributed by atoms with Crippen LogP contribution in [0.2, 0.25) is 0 Å². The summed E-state index contributed by atoms with van der Waals surface area (Å²) < 4.78 is 0. The molecule has 0 radical (unpaired) electrons. The highest BCUT2D eigenvalue weighted by atomic mass is 16.3. The first-order valence-corrected chi connectivity index (χ1v) is 7.18. The van der Waals surface area contributed by atoms with E-state index < -0.39 is 0 Å². The van der Waals surface area contributed by atoms with Crippen LogP contribution in [0.5, 0.6) is 0 Å². The predicted octanol–water partition coefficient (Wildman–Crippen LogP) is 3.13. The van der Waals surface area contributed by atoms with E-state index in [1.54, 1.807) is 0 Å². The van der Waals surface area contributed by atoms with Gasteiger partial charge in [0.05, 0.1) is 6.10 Å². The number of aliphatic hydroxyl groups excluding tert-OH is 1. The van der Waals surface area contributed by atoms with Crippen molar-refractivity contribution in [3.05, 3.63) is 35.9 Å². The molecular weight excluding hydrogens is 222 g/mol. The summed E-state index contributed by atoms with van der Waals surface area (Å²) in [6, 6.07) is 10.5. The zero-order valence-electron chi connectivity index (χ0n) is 11.5. The lowest BCUT2D eigenvalue weighted by atomic mass is 9.93. The molecule has 0 amide bonds. The smallest absolute Gasteiger partial charge is 0.0914 e. The van der Waals surface area contributed by atoms with E-state index >= 15 is 0 Å². The van der Waals surface area contributed by atoms with Crippen LogP contribution in [0.3, 0.4) is 0 Å². The van der Waals surface area contributed by atoms with Gasteiger partial charge in [0, 0.05) is 12.6 Å². The molecule has 4 unspecified atom stereocenters. The molecule has 2 heteroatoms. The molecule has 1 aliphatic rings. The Labute approximate surface area is 110 Å². The van der Waals surface area contributed by atoms with Gasteiger partial charge in [-0.15, -0.1) is 0 Å². The third kappa shape index (κ3) is 3.12. The van der Waals surface area contributed by atoms with Crippen LogP contribution in [-0.2, 0) is 0 Å². The standard InChI is InChI=1S/C16H25NO/c1-3-13-9-10-15(12(13)2)17-11-16(18)14-7-5-4-6-8-14/h4-8,12-13,15-18H,3,9-11H2,1-2H3. The maximum atomic E-state index is 10.1. The van der Waals surface area contributed by atoms with Crippen molar-refractivity contribution in [3.8, 4) is 0 Å². The summed E-state index contributed by atoms with van der Waals surface area (Å²) >= 11 is 0. The number of aliphatic hydroxyl groups is 1. The van der Waals surface area contributed by atoms with Gasteiger partial charge in [-0.25, -0.2) is 0 Å². The van der Waals surface area contributed by atoms with Crippen LogP contribution in [0.4, 0.5) is 0 Å². The highest BCUT2D eigenvalue weighted by Crippen LogP contribution is 2.33. The predicted molar refractivity (Wildman–Crippen MR) is 75.4 cm³/mol. The molecule has 1 aliphatic carbocycles. The first kappa shape index (κ1) is 13.6. The first-order chi connectivity index (χ1) is 8.72. The molecule has 4 atom stereocenters. The van der Waals surface area contributed by atoms with Crippen molar-refractivity contribution in [3.63, 3.8) is 0 Å². The second-order valence-corrected chi connectivity index (χ2v) is 5.55. The second kappa shape index (κ2) is 6.35. The van der Waals surface area contributed by atoms with E-state index in [2.05, 4.69) is 19.2 Å². The van der Waals surface area contributed by atoms with Gasteiger partial charge >= 0.3 is 0 Å². The van der Waals surface area contributed by atoms with E-state index in [-0.39, 0.29) is 6.10 Å². The van der Waals surface area contributed by atoms with Crippen molar-refractivity contribution in [1.82, 2.24) is 5.32 Å². The molecule has 1 aromatic rings. The molecule has 0 aliphatic heterocycles. The number of benzene rings is 1. The molecule has 2 nitrogen and oxygen atoms in total. The molecule has 2 rings (SSSR count). The normalized spacial score (nSPS) is 29.4. The highest BCUT2D eigenvalue weighted by molar-refractivity contribution is 5.17. The molecule has 0 heterocycles. The van der Waals surface area contributed by atoms with Crippen LogP contribution >= 0.6 is 0 Å². The summed E-state index contributed by atoms with van der Waals surface area (Å²) in [5, 5.41) is 13.7. The van der Waals surface area contributed by atoms with E-state index in [4.69, 9.17) is 0 Å². The van der Waals surface area contributed by atoms with Crippen molar-refractivity contribution in [2.24, 2.45) is 11.8 Å². The molecule has 1 fully saturated rings. The molecule has 100 valence electrons. The summed E-state index contributed by atoms with van der Waals surface area (Å²) in [4.78, 5) is 0. The minimum Gasteiger partial charge on any atom is -0.387 e. The molecule has 0 spiro atoms. The van der Waals surface area contributed by atoms with Crippen molar-refractivity contribution in [2.45, 2.75) is 45.3 Å². The molecule has 18 heavy (non-hydrogen) atoms. The Morgan fingerprint density at radius 2 is 2.00 bits per heavy atom. The lowest BCUT2D eigenvalue weighted by molar-refractivity contribution is 0.165. The van der Waals surface area contributed by atoms with E-state index in [9.17, 15) is 5.11 Å². The van der Waals surface area contributed by atoms with Crippen molar-refractivity contribution in [1.29, 1.82) is 0 Å². The molecule has 1 aromatic carbocycles. The summed E-state index contributed by atoms with van der Waals surface area (Å²) in [6.45, 7) is 5.28. The zero-order chi connectivity index (χ0) is 13.0. The minimum absolute atomic E-state index is 0.390. The van der Waals surface area contributed by atoms with E-state index in [0.717, 1.165) is 17.4 Å². The molecule has 1 saturated carbocycles. The van der Waals surface area contributed by atoms with E-state index in [1.807, 2.05) is 30.3 Å². The minimum atomic E-state index is -0.390. The molecule has 0 saturated heterocycles. The fourth-order valence-electron chi connectivity index (χ4n) is 3.17. The van der Waals surface area contributed by atoms with Gasteiger partial charge in [-0.1, -0.05) is 50.6 Å². The summed E-state index contributed by atoms with van der Waals surface area (Å²) in [5.41, 5.74) is 1.00. The van der Waals surface area contributed by atoms with Gasteiger partial charge in [0.25, 0.3) is 0 Å². The molecular formula is C16H25NO. The Kier molecular flexibility index (Phi) is 4.79.